The Labute approximate surface area is 102 Å². The summed E-state index contributed by atoms with van der Waals surface area (Å²) in [6.07, 6.45) is 6.66. The molecule has 1 N–H and O–H groups in total. The highest BCUT2D eigenvalue weighted by Crippen LogP contribution is 2.31. The zero-order valence-corrected chi connectivity index (χ0v) is 10.2. The lowest BCUT2D eigenvalue weighted by molar-refractivity contribution is 0.205. The van der Waals surface area contributed by atoms with Gasteiger partial charge in [-0.15, -0.1) is 0 Å². The summed E-state index contributed by atoms with van der Waals surface area (Å²) in [7, 11) is 0. The highest BCUT2D eigenvalue weighted by Gasteiger charge is 2.18. The van der Waals surface area contributed by atoms with Crippen LogP contribution in [0.3, 0.4) is 0 Å². The number of rotatable bonds is 2. The molecule has 0 saturated heterocycles. The molecule has 0 bridgehead atoms. The van der Waals surface area contributed by atoms with E-state index >= 15 is 0 Å². The van der Waals surface area contributed by atoms with Crippen LogP contribution < -0.4 is 0 Å². The Morgan fingerprint density at radius 3 is 2.88 bits per heavy atom. The molecule has 1 unspecified atom stereocenters. The van der Waals surface area contributed by atoms with Gasteiger partial charge in [-0.3, -0.25) is 0 Å². The Morgan fingerprint density at radius 2 is 2.06 bits per heavy atom. The number of allylic oxidation sites excluding steroid dienone is 1. The smallest absolute Gasteiger partial charge is 0.132 e. The first kappa shape index (κ1) is 12.3. The van der Waals surface area contributed by atoms with Gasteiger partial charge in [-0.1, -0.05) is 30.7 Å². The molecule has 2 heteroatoms. The van der Waals surface area contributed by atoms with Crippen molar-refractivity contribution in [2.75, 3.05) is 0 Å². The third kappa shape index (κ3) is 2.75. The molecular weight excluding hydrogens is 215 g/mol. The second-order valence-corrected chi connectivity index (χ2v) is 4.76. The normalized spacial score (nSPS) is 18.4. The number of aliphatic hydroxyl groups excluding tert-OH is 1. The Bertz CT molecular complexity index is 423. The fraction of sp³-hybridized carbons (Fsp3) is 0.467. The lowest BCUT2D eigenvalue weighted by Gasteiger charge is -2.16. The van der Waals surface area contributed by atoms with E-state index in [2.05, 4.69) is 6.08 Å². The van der Waals surface area contributed by atoms with Gasteiger partial charge in [0.2, 0.25) is 0 Å². The summed E-state index contributed by atoms with van der Waals surface area (Å²) in [5.74, 6) is -0.273. The first-order valence-electron chi connectivity index (χ1n) is 6.32. The van der Waals surface area contributed by atoms with E-state index in [1.165, 1.54) is 12.8 Å². The molecule has 0 radical (unpaired) electrons. The predicted molar refractivity (Wildman–Crippen MR) is 67.3 cm³/mol. The molecule has 0 spiro atoms. The third-order valence-corrected chi connectivity index (χ3v) is 3.44. The number of hydrogen-bond acceptors (Lipinski definition) is 1. The van der Waals surface area contributed by atoms with Gasteiger partial charge in [-0.2, -0.15) is 0 Å². The monoisotopic (exact) mass is 234 g/mol. The second kappa shape index (κ2) is 5.46. The van der Waals surface area contributed by atoms with Crippen molar-refractivity contribution in [2.24, 2.45) is 0 Å². The topological polar surface area (TPSA) is 20.2 Å². The van der Waals surface area contributed by atoms with Crippen LogP contribution in [0.1, 0.15) is 49.3 Å². The molecule has 1 atom stereocenters. The molecule has 1 aromatic rings. The molecular formula is C15H19FO. The van der Waals surface area contributed by atoms with Crippen LogP contribution in [0.4, 0.5) is 4.39 Å². The number of aliphatic hydroxyl groups is 1. The van der Waals surface area contributed by atoms with Gasteiger partial charge in [0.15, 0.2) is 0 Å². The predicted octanol–water partition coefficient (Wildman–Crippen LogP) is 4.06. The van der Waals surface area contributed by atoms with Crippen LogP contribution >= 0.6 is 0 Å². The van der Waals surface area contributed by atoms with Gasteiger partial charge in [-0.05, 0) is 43.7 Å². The van der Waals surface area contributed by atoms with E-state index in [1.807, 2.05) is 0 Å². The van der Waals surface area contributed by atoms with Gasteiger partial charge in [0, 0.05) is 5.56 Å². The summed E-state index contributed by atoms with van der Waals surface area (Å²) < 4.78 is 13.9. The average Bonchev–Trinajstić information content (AvgIpc) is 2.60. The Balaban J connectivity index is 2.26. The highest BCUT2D eigenvalue weighted by atomic mass is 19.1. The van der Waals surface area contributed by atoms with E-state index in [0.717, 1.165) is 24.8 Å². The lowest BCUT2D eigenvalue weighted by Crippen LogP contribution is -2.05. The lowest BCUT2D eigenvalue weighted by atomic mass is 9.96. The van der Waals surface area contributed by atoms with Crippen molar-refractivity contribution < 1.29 is 9.50 Å². The van der Waals surface area contributed by atoms with E-state index in [0.29, 0.717) is 11.1 Å². The van der Waals surface area contributed by atoms with Gasteiger partial charge in [0.1, 0.15) is 11.9 Å². The summed E-state index contributed by atoms with van der Waals surface area (Å²) in [5, 5.41) is 10.3. The standard InChI is InChI=1S/C15H19FO/c1-11-7-6-10-13(14(11)16)15(17)12-8-4-2-3-5-9-12/h6-8,10,15,17H,2-5,9H2,1H3. The molecule has 1 aliphatic carbocycles. The fourth-order valence-corrected chi connectivity index (χ4v) is 2.37. The maximum absolute atomic E-state index is 13.9. The largest absolute Gasteiger partial charge is 0.384 e. The molecule has 0 saturated carbocycles. The second-order valence-electron chi connectivity index (χ2n) is 4.76. The van der Waals surface area contributed by atoms with Gasteiger partial charge < -0.3 is 5.11 Å². The van der Waals surface area contributed by atoms with Crippen LogP contribution in [0.15, 0.2) is 29.8 Å². The van der Waals surface area contributed by atoms with Crippen molar-refractivity contribution in [3.63, 3.8) is 0 Å². The fourth-order valence-electron chi connectivity index (χ4n) is 2.37. The SMILES string of the molecule is Cc1cccc(C(O)C2=CCCCCC2)c1F. The zero-order valence-electron chi connectivity index (χ0n) is 10.2. The zero-order chi connectivity index (χ0) is 12.3. The quantitative estimate of drug-likeness (QED) is 0.765. The van der Waals surface area contributed by atoms with Crippen LogP contribution in [0.25, 0.3) is 0 Å². The maximum Gasteiger partial charge on any atom is 0.132 e. The summed E-state index contributed by atoms with van der Waals surface area (Å²) in [6.45, 7) is 1.73. The minimum absolute atomic E-state index is 0.273. The van der Waals surface area contributed by atoms with E-state index in [1.54, 1.807) is 25.1 Å². The van der Waals surface area contributed by atoms with E-state index in [9.17, 15) is 9.50 Å². The average molecular weight is 234 g/mol. The van der Waals surface area contributed by atoms with Crippen molar-refractivity contribution in [2.45, 2.75) is 45.1 Å². The maximum atomic E-state index is 13.9. The van der Waals surface area contributed by atoms with E-state index in [4.69, 9.17) is 0 Å². The van der Waals surface area contributed by atoms with Gasteiger partial charge in [0.05, 0.1) is 0 Å². The minimum atomic E-state index is -0.770. The number of aryl methyl sites for hydroxylation is 1. The summed E-state index contributed by atoms with van der Waals surface area (Å²) in [4.78, 5) is 0. The van der Waals surface area contributed by atoms with Gasteiger partial charge >= 0.3 is 0 Å². The van der Waals surface area contributed by atoms with E-state index in [-0.39, 0.29) is 5.82 Å². The Morgan fingerprint density at radius 1 is 1.24 bits per heavy atom. The number of halogens is 1. The van der Waals surface area contributed by atoms with Crippen LogP contribution in [-0.4, -0.2) is 5.11 Å². The summed E-state index contributed by atoms with van der Waals surface area (Å²) in [6, 6.07) is 5.21. The molecule has 1 nitrogen and oxygen atoms in total. The van der Waals surface area contributed by atoms with Crippen LogP contribution in [0.2, 0.25) is 0 Å². The number of benzene rings is 1. The van der Waals surface area contributed by atoms with Crippen LogP contribution in [0, 0.1) is 12.7 Å². The molecule has 0 amide bonds. The molecule has 1 aromatic carbocycles. The van der Waals surface area contributed by atoms with Crippen LogP contribution in [-0.2, 0) is 0 Å². The van der Waals surface area contributed by atoms with Crippen molar-refractivity contribution in [3.05, 3.63) is 46.8 Å². The first-order valence-corrected chi connectivity index (χ1v) is 6.32. The van der Waals surface area contributed by atoms with Crippen molar-refractivity contribution >= 4 is 0 Å². The van der Waals surface area contributed by atoms with Crippen molar-refractivity contribution in [1.82, 2.24) is 0 Å². The number of hydrogen-bond donors (Lipinski definition) is 1. The van der Waals surface area contributed by atoms with Crippen molar-refractivity contribution in [1.29, 1.82) is 0 Å². The molecule has 0 aliphatic heterocycles. The molecule has 92 valence electrons. The third-order valence-electron chi connectivity index (χ3n) is 3.44. The Kier molecular flexibility index (Phi) is 3.95. The molecule has 1 aliphatic rings. The van der Waals surface area contributed by atoms with Gasteiger partial charge in [0.25, 0.3) is 0 Å². The minimum Gasteiger partial charge on any atom is -0.384 e. The molecule has 0 aromatic heterocycles. The summed E-state index contributed by atoms with van der Waals surface area (Å²) in [5.41, 5.74) is 1.99. The molecule has 0 heterocycles. The molecule has 0 fully saturated rings. The van der Waals surface area contributed by atoms with Crippen LogP contribution in [0.5, 0.6) is 0 Å². The van der Waals surface area contributed by atoms with Gasteiger partial charge in [-0.25, -0.2) is 4.39 Å². The Hall–Kier alpha value is -1.15. The highest BCUT2D eigenvalue weighted by molar-refractivity contribution is 5.31. The first-order chi connectivity index (χ1) is 8.20. The van der Waals surface area contributed by atoms with Crippen molar-refractivity contribution in [3.8, 4) is 0 Å². The molecule has 17 heavy (non-hydrogen) atoms. The molecule has 2 rings (SSSR count). The summed E-state index contributed by atoms with van der Waals surface area (Å²) >= 11 is 0. The van der Waals surface area contributed by atoms with E-state index < -0.39 is 6.10 Å².